The van der Waals surface area contributed by atoms with Gasteiger partial charge < -0.3 is 20.9 Å². The number of amides is 1. The van der Waals surface area contributed by atoms with Gasteiger partial charge in [-0.1, -0.05) is 15.9 Å². The summed E-state index contributed by atoms with van der Waals surface area (Å²) in [5.74, 6) is 0.823. The smallest absolute Gasteiger partial charge is 0.261 e. The normalized spacial score (nSPS) is 11.0. The van der Waals surface area contributed by atoms with Crippen molar-refractivity contribution in [3.05, 3.63) is 51.4 Å². The third-order valence-electron chi connectivity index (χ3n) is 3.55. The highest BCUT2D eigenvalue weighted by molar-refractivity contribution is 9.10. The lowest BCUT2D eigenvalue weighted by molar-refractivity contribution is 0.0946. The third kappa shape index (κ3) is 12.8. The minimum atomic E-state index is -3.67. The van der Waals surface area contributed by atoms with Crippen LogP contribution in [-0.4, -0.2) is 67.6 Å². The molecule has 2 heterocycles. The van der Waals surface area contributed by atoms with Gasteiger partial charge in [-0.25, -0.2) is 4.98 Å². The number of carbonyl (C=O) groups excluding carboxylic acids is 1. The van der Waals surface area contributed by atoms with Crippen LogP contribution in [0.15, 0.2) is 40.3 Å². The highest BCUT2D eigenvalue weighted by Gasteiger charge is 2.17. The number of hydrogen-bond donors (Lipinski definition) is 5. The number of nitrogens with zero attached hydrogens (tertiary/aromatic N) is 1. The second kappa shape index (κ2) is 13.7. The summed E-state index contributed by atoms with van der Waals surface area (Å²) in [5, 5.41) is 14.1. The number of fused-ring (bicyclic) bond motifs is 1. The average molecular weight is 615 g/mol. The molecule has 12 nitrogen and oxygen atoms in total. The van der Waals surface area contributed by atoms with Crippen LogP contribution in [0.4, 0.5) is 5.82 Å². The number of anilines is 1. The van der Waals surface area contributed by atoms with E-state index >= 15 is 0 Å². The Morgan fingerprint density at radius 2 is 1.69 bits per heavy atom. The standard InChI is InChI=1S/C17H16BrN3O3S.2CH4O3S/c18-11-1-3-12(4-2-11)24-8-10-9-25-15-13(17(23)20-5-6-22)7-21-16(19)14(10)15;2*1-5(2,3)4/h1-4,7,9,22H,5-6,8H2,(H2,19,21)(H,20,23);2*1H3,(H,2,3,4). The molecule has 0 spiro atoms. The van der Waals surface area contributed by atoms with Gasteiger partial charge in [0.15, 0.2) is 0 Å². The molecule has 3 rings (SSSR count). The number of aliphatic hydroxyl groups is 1. The molecule has 0 fully saturated rings. The molecule has 0 saturated carbocycles. The maximum absolute atomic E-state index is 12.2. The maximum atomic E-state index is 12.2. The molecule has 0 radical (unpaired) electrons. The number of aliphatic hydroxyl groups excluding tert-OH is 1. The first kappa shape index (κ1) is 30.7. The van der Waals surface area contributed by atoms with Crippen molar-refractivity contribution in [2.24, 2.45) is 0 Å². The third-order valence-corrected chi connectivity index (χ3v) is 5.14. The molecule has 1 amide bonds. The molecule has 0 aliphatic heterocycles. The van der Waals surface area contributed by atoms with Gasteiger partial charge in [-0.2, -0.15) is 16.8 Å². The van der Waals surface area contributed by atoms with Crippen molar-refractivity contribution in [3.8, 4) is 5.75 Å². The molecule has 1 aromatic carbocycles. The fraction of sp³-hybridized carbons (Fsp3) is 0.263. The second-order valence-corrected chi connectivity index (χ2v) is 11.4. The Kier molecular flexibility index (Phi) is 12.0. The summed E-state index contributed by atoms with van der Waals surface area (Å²) in [6, 6.07) is 7.54. The Labute approximate surface area is 214 Å². The number of carbonyl (C=O) groups is 1. The van der Waals surface area contributed by atoms with Crippen LogP contribution < -0.4 is 15.8 Å². The Hall–Kier alpha value is -2.34. The number of halogens is 1. The number of nitrogens with one attached hydrogen (secondary N) is 1. The molecular weight excluding hydrogens is 590 g/mol. The summed E-state index contributed by atoms with van der Waals surface area (Å²) in [4.78, 5) is 16.4. The first-order chi connectivity index (χ1) is 16.1. The van der Waals surface area contributed by atoms with Crippen LogP contribution in [0.25, 0.3) is 10.1 Å². The topological polar surface area (TPSA) is 206 Å². The van der Waals surface area contributed by atoms with E-state index in [1.165, 1.54) is 17.5 Å². The van der Waals surface area contributed by atoms with E-state index in [2.05, 4.69) is 26.2 Å². The summed E-state index contributed by atoms with van der Waals surface area (Å²) in [6.07, 6.45) is 2.89. The van der Waals surface area contributed by atoms with Crippen molar-refractivity contribution < 1.29 is 40.6 Å². The molecule has 6 N–H and O–H groups in total. The molecule has 0 unspecified atom stereocenters. The Balaban J connectivity index is 0.000000519. The van der Waals surface area contributed by atoms with E-state index in [0.29, 0.717) is 30.5 Å². The van der Waals surface area contributed by atoms with Crippen LogP contribution >= 0.6 is 27.3 Å². The van der Waals surface area contributed by atoms with Crippen LogP contribution in [0.3, 0.4) is 0 Å². The van der Waals surface area contributed by atoms with Crippen molar-refractivity contribution in [3.63, 3.8) is 0 Å². The van der Waals surface area contributed by atoms with Gasteiger partial charge >= 0.3 is 0 Å². The van der Waals surface area contributed by atoms with E-state index in [-0.39, 0.29) is 19.1 Å². The molecular formula is C19H24BrN3O9S3. The van der Waals surface area contributed by atoms with Gasteiger partial charge in [-0.3, -0.25) is 13.9 Å². The molecule has 35 heavy (non-hydrogen) atoms. The minimum absolute atomic E-state index is 0.117. The molecule has 0 bridgehead atoms. The van der Waals surface area contributed by atoms with E-state index in [9.17, 15) is 21.6 Å². The predicted molar refractivity (Wildman–Crippen MR) is 137 cm³/mol. The number of pyridine rings is 1. The van der Waals surface area contributed by atoms with Crippen molar-refractivity contribution in [2.75, 3.05) is 31.4 Å². The van der Waals surface area contributed by atoms with Crippen LogP contribution in [0.1, 0.15) is 15.9 Å². The SMILES string of the molecule is CS(=O)(=O)O.CS(=O)(=O)O.Nc1ncc(C(=O)NCCO)c2scc(COc3ccc(Br)cc3)c12. The zero-order valence-corrected chi connectivity index (χ0v) is 22.5. The molecule has 194 valence electrons. The molecule has 0 atom stereocenters. The molecule has 16 heteroatoms. The van der Waals surface area contributed by atoms with Gasteiger partial charge in [0.2, 0.25) is 0 Å². The number of rotatable bonds is 6. The van der Waals surface area contributed by atoms with Crippen molar-refractivity contribution in [2.45, 2.75) is 6.61 Å². The quantitative estimate of drug-likeness (QED) is 0.254. The maximum Gasteiger partial charge on any atom is 0.261 e. The lowest BCUT2D eigenvalue weighted by atomic mass is 10.1. The highest BCUT2D eigenvalue weighted by Crippen LogP contribution is 2.33. The van der Waals surface area contributed by atoms with Crippen LogP contribution in [0, 0.1) is 0 Å². The van der Waals surface area contributed by atoms with Gasteiger partial charge in [0, 0.05) is 28.2 Å². The number of nitrogen functional groups attached to an aromatic ring is 1. The Bertz CT molecular complexity index is 1300. The van der Waals surface area contributed by atoms with E-state index in [0.717, 1.165) is 25.9 Å². The van der Waals surface area contributed by atoms with Crippen LogP contribution in [0.2, 0.25) is 0 Å². The summed E-state index contributed by atoms with van der Waals surface area (Å²) >= 11 is 4.81. The molecule has 0 aliphatic carbocycles. The monoisotopic (exact) mass is 613 g/mol. The number of aromatic nitrogens is 1. The van der Waals surface area contributed by atoms with E-state index in [1.807, 2.05) is 29.6 Å². The van der Waals surface area contributed by atoms with E-state index < -0.39 is 20.2 Å². The molecule has 2 aromatic heterocycles. The van der Waals surface area contributed by atoms with Crippen LogP contribution in [0.5, 0.6) is 5.75 Å². The number of thiophene rings is 1. The Morgan fingerprint density at radius 3 is 2.20 bits per heavy atom. The van der Waals surface area contributed by atoms with Crippen molar-refractivity contribution >= 4 is 69.3 Å². The van der Waals surface area contributed by atoms with Crippen molar-refractivity contribution in [1.82, 2.24) is 10.3 Å². The molecule has 3 aromatic rings. The van der Waals surface area contributed by atoms with E-state index in [1.54, 1.807) is 0 Å². The van der Waals surface area contributed by atoms with Gasteiger partial charge in [0.1, 0.15) is 18.2 Å². The summed E-state index contributed by atoms with van der Waals surface area (Å²) in [7, 11) is -7.33. The average Bonchev–Trinajstić information content (AvgIpc) is 3.14. The fourth-order valence-electron chi connectivity index (χ4n) is 2.35. The van der Waals surface area contributed by atoms with E-state index in [4.69, 9.17) is 24.7 Å². The first-order valence-corrected chi connectivity index (χ1v) is 14.7. The van der Waals surface area contributed by atoms with Gasteiger partial charge in [-0.15, -0.1) is 11.3 Å². The summed E-state index contributed by atoms with van der Waals surface area (Å²) in [5.41, 5.74) is 7.34. The summed E-state index contributed by atoms with van der Waals surface area (Å²) < 4.78 is 59.3. The molecule has 0 saturated heterocycles. The number of hydrogen-bond acceptors (Lipinski definition) is 10. The predicted octanol–water partition coefficient (Wildman–Crippen LogP) is 1.95. The highest BCUT2D eigenvalue weighted by atomic mass is 79.9. The first-order valence-electron chi connectivity index (χ1n) is 9.37. The van der Waals surface area contributed by atoms with Gasteiger partial charge in [0.25, 0.3) is 26.1 Å². The number of nitrogens with two attached hydrogens (primary N) is 1. The summed E-state index contributed by atoms with van der Waals surface area (Å²) in [6.45, 7) is 0.402. The van der Waals surface area contributed by atoms with Crippen molar-refractivity contribution in [1.29, 1.82) is 0 Å². The zero-order chi connectivity index (χ0) is 26.8. The zero-order valence-electron chi connectivity index (χ0n) is 18.5. The lowest BCUT2D eigenvalue weighted by Crippen LogP contribution is -2.26. The fourth-order valence-corrected chi connectivity index (χ4v) is 3.69. The lowest BCUT2D eigenvalue weighted by Gasteiger charge is -2.08. The number of ether oxygens (including phenoxy) is 1. The second-order valence-electron chi connectivity index (χ2n) is 6.71. The number of benzene rings is 1. The molecule has 0 aliphatic rings. The Morgan fingerprint density at radius 1 is 1.14 bits per heavy atom. The minimum Gasteiger partial charge on any atom is -0.489 e. The largest absolute Gasteiger partial charge is 0.489 e. The van der Waals surface area contributed by atoms with Crippen LogP contribution in [-0.2, 0) is 26.8 Å². The van der Waals surface area contributed by atoms with Gasteiger partial charge in [-0.05, 0) is 29.6 Å². The van der Waals surface area contributed by atoms with Gasteiger partial charge in [0.05, 0.1) is 29.4 Å².